The number of carbonyl (C=O) groups excluding carboxylic acids is 1. The molecule has 0 spiro atoms. The molecular weight excluding hydrogens is 280 g/mol. The summed E-state index contributed by atoms with van der Waals surface area (Å²) in [7, 11) is 0. The molecule has 0 aromatic carbocycles. The highest BCUT2D eigenvalue weighted by Gasteiger charge is 2.19. The van der Waals surface area contributed by atoms with Crippen molar-refractivity contribution >= 4 is 23.2 Å². The number of hydrogen-bond donors (Lipinski definition) is 2. The normalized spacial score (nSPS) is 12.1. The van der Waals surface area contributed by atoms with Crippen LogP contribution in [0.1, 0.15) is 22.3 Å². The average molecular weight is 294 g/mol. The minimum Gasteiger partial charge on any atom is -0.481 e. The smallest absolute Gasteiger partial charge is 0.308 e. The number of nitrogens with one attached hydrogen (secondary N) is 1. The van der Waals surface area contributed by atoms with Gasteiger partial charge in [-0.15, -0.1) is 11.3 Å². The van der Waals surface area contributed by atoms with Gasteiger partial charge >= 0.3 is 5.97 Å². The summed E-state index contributed by atoms with van der Waals surface area (Å²) >= 11 is 1.36. The first-order valence-electron chi connectivity index (χ1n) is 6.01. The third kappa shape index (κ3) is 3.05. The van der Waals surface area contributed by atoms with Gasteiger partial charge in [-0.2, -0.15) is 0 Å². The molecule has 0 saturated heterocycles. The van der Waals surface area contributed by atoms with Crippen LogP contribution >= 0.6 is 11.3 Å². The fourth-order valence-corrected chi connectivity index (χ4v) is 2.41. The summed E-state index contributed by atoms with van der Waals surface area (Å²) in [5, 5.41) is 12.0. The van der Waals surface area contributed by atoms with Crippen molar-refractivity contribution in [3.8, 4) is 10.8 Å². The average Bonchev–Trinajstić information content (AvgIpc) is 3.04. The Morgan fingerprint density at radius 1 is 1.55 bits per heavy atom. The van der Waals surface area contributed by atoms with E-state index in [1.807, 2.05) is 0 Å². The molecule has 0 radical (unpaired) electrons. The standard InChI is InChI=1S/C13H14N2O4S/c1-7(13(17)18)6-14-11(16)10-8(2)20-12(15-10)9-4-3-5-19-9/h3-5,7H,6H2,1-2H3,(H,14,16)(H,17,18). The van der Waals surface area contributed by atoms with Gasteiger partial charge in [-0.1, -0.05) is 6.92 Å². The van der Waals surface area contributed by atoms with Gasteiger partial charge in [0.2, 0.25) is 0 Å². The number of carboxylic acid groups (broad SMARTS) is 1. The molecule has 7 heteroatoms. The quantitative estimate of drug-likeness (QED) is 0.881. The van der Waals surface area contributed by atoms with Gasteiger partial charge in [-0.3, -0.25) is 9.59 Å². The molecule has 0 aliphatic heterocycles. The van der Waals surface area contributed by atoms with E-state index in [0.29, 0.717) is 16.5 Å². The second kappa shape index (κ2) is 5.87. The van der Waals surface area contributed by atoms with E-state index in [-0.39, 0.29) is 12.5 Å². The Labute approximate surface area is 119 Å². The number of nitrogens with zero attached hydrogens (tertiary/aromatic N) is 1. The van der Waals surface area contributed by atoms with Gasteiger partial charge in [-0.05, 0) is 19.1 Å². The van der Waals surface area contributed by atoms with Crippen molar-refractivity contribution in [3.05, 3.63) is 29.0 Å². The lowest BCUT2D eigenvalue weighted by Crippen LogP contribution is -2.32. The minimum absolute atomic E-state index is 0.0707. The molecule has 0 saturated carbocycles. The number of furan rings is 1. The monoisotopic (exact) mass is 294 g/mol. The lowest BCUT2D eigenvalue weighted by Gasteiger charge is -2.07. The van der Waals surface area contributed by atoms with Gasteiger partial charge in [0, 0.05) is 11.4 Å². The van der Waals surface area contributed by atoms with E-state index in [4.69, 9.17) is 9.52 Å². The van der Waals surface area contributed by atoms with Crippen molar-refractivity contribution in [1.29, 1.82) is 0 Å². The van der Waals surface area contributed by atoms with Crippen molar-refractivity contribution in [2.24, 2.45) is 5.92 Å². The maximum Gasteiger partial charge on any atom is 0.308 e. The number of aromatic nitrogens is 1. The zero-order valence-electron chi connectivity index (χ0n) is 11.0. The van der Waals surface area contributed by atoms with Crippen molar-refractivity contribution in [3.63, 3.8) is 0 Å². The lowest BCUT2D eigenvalue weighted by molar-refractivity contribution is -0.140. The molecule has 6 nitrogen and oxygen atoms in total. The highest BCUT2D eigenvalue weighted by atomic mass is 32.1. The maximum absolute atomic E-state index is 12.0. The van der Waals surface area contributed by atoms with E-state index in [2.05, 4.69) is 10.3 Å². The van der Waals surface area contributed by atoms with E-state index in [1.54, 1.807) is 25.3 Å². The topological polar surface area (TPSA) is 92.4 Å². The molecule has 2 aromatic rings. The number of rotatable bonds is 5. The predicted molar refractivity (Wildman–Crippen MR) is 73.7 cm³/mol. The van der Waals surface area contributed by atoms with Gasteiger partial charge < -0.3 is 14.8 Å². The number of hydrogen-bond acceptors (Lipinski definition) is 5. The Kier molecular flexibility index (Phi) is 4.19. The van der Waals surface area contributed by atoms with Crippen molar-refractivity contribution in [2.45, 2.75) is 13.8 Å². The van der Waals surface area contributed by atoms with Crippen LogP contribution in [0.5, 0.6) is 0 Å². The number of thiazole rings is 1. The number of amides is 1. The lowest BCUT2D eigenvalue weighted by atomic mass is 10.2. The summed E-state index contributed by atoms with van der Waals surface area (Å²) in [4.78, 5) is 27.7. The Bertz CT molecular complexity index is 618. The van der Waals surface area contributed by atoms with Crippen LogP contribution in [0.2, 0.25) is 0 Å². The molecule has 1 atom stereocenters. The Morgan fingerprint density at radius 3 is 2.90 bits per heavy atom. The van der Waals surface area contributed by atoms with E-state index < -0.39 is 11.9 Å². The van der Waals surface area contributed by atoms with Crippen molar-refractivity contribution in [1.82, 2.24) is 10.3 Å². The van der Waals surface area contributed by atoms with Crippen LogP contribution in [-0.2, 0) is 4.79 Å². The number of aliphatic carboxylic acids is 1. The van der Waals surface area contributed by atoms with Crippen LogP contribution in [-0.4, -0.2) is 28.5 Å². The van der Waals surface area contributed by atoms with Crippen molar-refractivity contribution < 1.29 is 19.1 Å². The summed E-state index contributed by atoms with van der Waals surface area (Å²) < 4.78 is 5.24. The zero-order chi connectivity index (χ0) is 14.7. The maximum atomic E-state index is 12.0. The van der Waals surface area contributed by atoms with Gasteiger partial charge in [0.1, 0.15) is 5.69 Å². The van der Waals surface area contributed by atoms with Crippen LogP contribution in [0.3, 0.4) is 0 Å². The van der Waals surface area contributed by atoms with Crippen LogP contribution in [0.4, 0.5) is 0 Å². The first kappa shape index (κ1) is 14.3. The Balaban J connectivity index is 2.09. The van der Waals surface area contributed by atoms with E-state index in [9.17, 15) is 9.59 Å². The molecule has 0 fully saturated rings. The largest absolute Gasteiger partial charge is 0.481 e. The molecule has 2 rings (SSSR count). The van der Waals surface area contributed by atoms with Gasteiger partial charge in [0.05, 0.1) is 12.2 Å². The summed E-state index contributed by atoms with van der Waals surface area (Å²) in [6.07, 6.45) is 1.54. The van der Waals surface area contributed by atoms with Gasteiger partial charge in [0.25, 0.3) is 5.91 Å². The molecule has 0 bridgehead atoms. The van der Waals surface area contributed by atoms with E-state index in [0.717, 1.165) is 4.88 Å². The zero-order valence-corrected chi connectivity index (χ0v) is 11.9. The van der Waals surface area contributed by atoms with Gasteiger partial charge in [-0.25, -0.2) is 4.98 Å². The second-order valence-corrected chi connectivity index (χ2v) is 5.55. The Morgan fingerprint density at radius 2 is 2.30 bits per heavy atom. The molecule has 0 aliphatic rings. The number of carbonyl (C=O) groups is 2. The van der Waals surface area contributed by atoms with E-state index in [1.165, 1.54) is 18.3 Å². The Hall–Kier alpha value is -2.15. The molecule has 2 N–H and O–H groups in total. The van der Waals surface area contributed by atoms with Crippen LogP contribution < -0.4 is 5.32 Å². The summed E-state index contributed by atoms with van der Waals surface area (Å²) in [5.41, 5.74) is 0.305. The van der Waals surface area contributed by atoms with E-state index >= 15 is 0 Å². The fraction of sp³-hybridized carbons (Fsp3) is 0.308. The van der Waals surface area contributed by atoms with Gasteiger partial charge in [0.15, 0.2) is 10.8 Å². The molecule has 1 unspecified atom stereocenters. The minimum atomic E-state index is -0.948. The highest BCUT2D eigenvalue weighted by molar-refractivity contribution is 7.15. The first-order chi connectivity index (χ1) is 9.49. The summed E-state index contributed by atoms with van der Waals surface area (Å²) in [5.74, 6) is -1.35. The third-order valence-electron chi connectivity index (χ3n) is 2.73. The summed E-state index contributed by atoms with van der Waals surface area (Å²) in [6, 6.07) is 3.52. The highest BCUT2D eigenvalue weighted by Crippen LogP contribution is 2.27. The third-order valence-corrected chi connectivity index (χ3v) is 3.72. The molecule has 2 heterocycles. The SMILES string of the molecule is Cc1sc(-c2ccco2)nc1C(=O)NCC(C)C(=O)O. The number of carboxylic acids is 1. The fourth-order valence-electron chi connectivity index (χ4n) is 1.53. The molecule has 0 aliphatic carbocycles. The van der Waals surface area contributed by atoms with Crippen LogP contribution in [0, 0.1) is 12.8 Å². The van der Waals surface area contributed by atoms with Crippen LogP contribution in [0.25, 0.3) is 10.8 Å². The summed E-state index contributed by atoms with van der Waals surface area (Å²) in [6.45, 7) is 3.39. The molecule has 106 valence electrons. The van der Waals surface area contributed by atoms with Crippen LogP contribution in [0.15, 0.2) is 22.8 Å². The molecule has 2 aromatic heterocycles. The first-order valence-corrected chi connectivity index (χ1v) is 6.83. The van der Waals surface area contributed by atoms with Crippen molar-refractivity contribution in [2.75, 3.05) is 6.54 Å². The molecule has 1 amide bonds. The second-order valence-electron chi connectivity index (χ2n) is 4.35. The number of aryl methyl sites for hydroxylation is 1. The predicted octanol–water partition coefficient (Wildman–Crippen LogP) is 2.16. The molecular formula is C13H14N2O4S. The molecule has 20 heavy (non-hydrogen) atoms.